The smallest absolute Gasteiger partial charge is 0.199 e. The summed E-state index contributed by atoms with van der Waals surface area (Å²) < 4.78 is 61.7. The molecule has 0 saturated carbocycles. The van der Waals surface area contributed by atoms with Crippen LogP contribution in [0.15, 0.2) is 6.08 Å². The van der Waals surface area contributed by atoms with Gasteiger partial charge in [-0.3, -0.25) is 0 Å². The summed E-state index contributed by atoms with van der Waals surface area (Å²) in [4.78, 5) is 5.73. The number of nitrogens with zero attached hydrogens (tertiary/aromatic N) is 2. The van der Waals surface area contributed by atoms with Crippen molar-refractivity contribution in [2.24, 2.45) is 0 Å². The van der Waals surface area contributed by atoms with Crippen LogP contribution in [0, 0.1) is 11.9 Å². The Balaban J connectivity index is 3.34. The Kier molecular flexibility index (Phi) is 3.01. The van der Waals surface area contributed by atoms with Crippen LogP contribution in [0.4, 0.5) is 22.0 Å². The lowest BCUT2D eigenvalue weighted by Gasteiger charge is -2.07. The highest BCUT2D eigenvalue weighted by atomic mass is 19.4. The van der Waals surface area contributed by atoms with E-state index in [1.165, 1.54) is 13.0 Å². The number of allylic oxidation sites excluding steroid dienone is 1. The lowest BCUT2D eigenvalue weighted by Crippen LogP contribution is -2.15. The van der Waals surface area contributed by atoms with E-state index in [-0.39, 0.29) is 0 Å². The molecule has 1 aromatic heterocycles. The number of hydrogen-bond donors (Lipinski definition) is 0. The van der Waals surface area contributed by atoms with E-state index in [4.69, 9.17) is 0 Å². The molecular formula is C8H5F5N2. The van der Waals surface area contributed by atoms with Crippen molar-refractivity contribution in [2.75, 3.05) is 0 Å². The third-order valence-corrected chi connectivity index (χ3v) is 1.44. The molecule has 0 N–H and O–H groups in total. The molecule has 0 aromatic carbocycles. The van der Waals surface area contributed by atoms with E-state index in [1.807, 2.05) is 0 Å². The van der Waals surface area contributed by atoms with Crippen molar-refractivity contribution in [1.29, 1.82) is 0 Å². The first-order valence-corrected chi connectivity index (χ1v) is 3.79. The van der Waals surface area contributed by atoms with Gasteiger partial charge in [-0.25, -0.2) is 0 Å². The summed E-state index contributed by atoms with van der Waals surface area (Å²) >= 11 is 0. The molecule has 0 unspecified atom stereocenters. The van der Waals surface area contributed by atoms with Gasteiger partial charge in [0.15, 0.2) is 11.4 Å². The van der Waals surface area contributed by atoms with Gasteiger partial charge in [0.05, 0.1) is 0 Å². The van der Waals surface area contributed by atoms with Gasteiger partial charge in [-0.15, -0.1) is 0 Å². The van der Waals surface area contributed by atoms with Gasteiger partial charge in [0.2, 0.25) is 11.9 Å². The summed E-state index contributed by atoms with van der Waals surface area (Å²) in [5, 5.41) is 0. The molecule has 0 spiro atoms. The highest BCUT2D eigenvalue weighted by molar-refractivity contribution is 5.39. The van der Waals surface area contributed by atoms with E-state index in [2.05, 4.69) is 9.97 Å². The Bertz CT molecular complexity index is 374. The molecule has 1 heterocycles. The van der Waals surface area contributed by atoms with Crippen molar-refractivity contribution < 1.29 is 22.0 Å². The molecule has 2 nitrogen and oxygen atoms in total. The van der Waals surface area contributed by atoms with Crippen LogP contribution >= 0.6 is 0 Å². The number of aromatic nitrogens is 2. The van der Waals surface area contributed by atoms with Crippen LogP contribution in [0.1, 0.15) is 18.3 Å². The quantitative estimate of drug-likeness (QED) is 0.541. The fourth-order valence-electron chi connectivity index (χ4n) is 0.881. The zero-order chi connectivity index (χ0) is 11.6. The Morgan fingerprint density at radius 3 is 1.87 bits per heavy atom. The van der Waals surface area contributed by atoms with Gasteiger partial charge >= 0.3 is 6.18 Å². The number of alkyl halides is 3. The zero-order valence-corrected chi connectivity index (χ0v) is 7.44. The minimum atomic E-state index is -5.14. The molecule has 0 atom stereocenters. The SMILES string of the molecule is CC=Cc1nc(F)c(C(F)(F)F)c(F)n1. The predicted octanol–water partition coefficient (Wildman–Crippen LogP) is 2.81. The van der Waals surface area contributed by atoms with Crippen LogP contribution in [0.2, 0.25) is 0 Å². The lowest BCUT2D eigenvalue weighted by molar-refractivity contribution is -0.143. The van der Waals surface area contributed by atoms with E-state index < -0.39 is 29.5 Å². The summed E-state index contributed by atoms with van der Waals surface area (Å²) in [7, 11) is 0. The van der Waals surface area contributed by atoms with Gasteiger partial charge in [0, 0.05) is 0 Å². The van der Waals surface area contributed by atoms with Crippen molar-refractivity contribution in [2.45, 2.75) is 13.1 Å². The largest absolute Gasteiger partial charge is 0.425 e. The average molecular weight is 224 g/mol. The molecule has 0 aliphatic heterocycles. The molecule has 1 aromatic rings. The minimum Gasteiger partial charge on any atom is -0.199 e. The topological polar surface area (TPSA) is 25.8 Å². The van der Waals surface area contributed by atoms with Crippen molar-refractivity contribution in [3.8, 4) is 0 Å². The van der Waals surface area contributed by atoms with Gasteiger partial charge in [-0.1, -0.05) is 6.08 Å². The number of halogens is 5. The molecule has 0 amide bonds. The first kappa shape index (κ1) is 11.5. The molecule has 15 heavy (non-hydrogen) atoms. The molecule has 0 bridgehead atoms. The van der Waals surface area contributed by atoms with Crippen LogP contribution in [-0.4, -0.2) is 9.97 Å². The van der Waals surface area contributed by atoms with Gasteiger partial charge < -0.3 is 0 Å². The van der Waals surface area contributed by atoms with Crippen LogP contribution in [0.25, 0.3) is 6.08 Å². The van der Waals surface area contributed by atoms with Gasteiger partial charge in [0.1, 0.15) is 0 Å². The average Bonchev–Trinajstić information content (AvgIpc) is 1.99. The van der Waals surface area contributed by atoms with Crippen LogP contribution in [0.5, 0.6) is 0 Å². The molecule has 0 fully saturated rings. The van der Waals surface area contributed by atoms with Gasteiger partial charge in [0.25, 0.3) is 0 Å². The minimum absolute atomic E-state index is 0.444. The maximum absolute atomic E-state index is 12.8. The van der Waals surface area contributed by atoms with Crippen molar-refractivity contribution in [1.82, 2.24) is 9.97 Å². The molecule has 0 saturated heterocycles. The standard InChI is InChI=1S/C8H5F5N2/c1-2-3-4-14-6(9)5(7(10)15-4)8(11,12)13/h2-3H,1H3. The van der Waals surface area contributed by atoms with E-state index in [9.17, 15) is 22.0 Å². The lowest BCUT2D eigenvalue weighted by atomic mass is 10.3. The van der Waals surface area contributed by atoms with Crippen molar-refractivity contribution >= 4 is 6.08 Å². The first-order valence-electron chi connectivity index (χ1n) is 3.79. The molecule has 82 valence electrons. The summed E-state index contributed by atoms with van der Waals surface area (Å²) in [6.45, 7) is 1.51. The maximum atomic E-state index is 12.8. The fourth-order valence-corrected chi connectivity index (χ4v) is 0.881. The monoisotopic (exact) mass is 224 g/mol. The zero-order valence-electron chi connectivity index (χ0n) is 7.44. The maximum Gasteiger partial charge on any atom is 0.425 e. The first-order chi connectivity index (χ1) is 6.86. The number of hydrogen-bond acceptors (Lipinski definition) is 2. The third kappa shape index (κ3) is 2.48. The Morgan fingerprint density at radius 1 is 1.07 bits per heavy atom. The third-order valence-electron chi connectivity index (χ3n) is 1.44. The highest BCUT2D eigenvalue weighted by Crippen LogP contribution is 2.32. The second-order valence-corrected chi connectivity index (χ2v) is 2.54. The van der Waals surface area contributed by atoms with Gasteiger partial charge in [-0.2, -0.15) is 31.9 Å². The van der Waals surface area contributed by atoms with E-state index in [0.29, 0.717) is 0 Å². The summed E-state index contributed by atoms with van der Waals surface area (Å²) in [6, 6.07) is 0. The molecule has 0 aliphatic carbocycles. The second-order valence-electron chi connectivity index (χ2n) is 2.54. The highest BCUT2D eigenvalue weighted by Gasteiger charge is 2.39. The second kappa shape index (κ2) is 3.92. The normalized spacial score (nSPS) is 12.4. The fraction of sp³-hybridized carbons (Fsp3) is 0.250. The molecule has 1 rings (SSSR count). The molecule has 0 aliphatic rings. The predicted molar refractivity (Wildman–Crippen MR) is 41.7 cm³/mol. The van der Waals surface area contributed by atoms with Crippen LogP contribution < -0.4 is 0 Å². The molecule has 0 radical (unpaired) electrons. The van der Waals surface area contributed by atoms with Crippen LogP contribution in [-0.2, 0) is 6.18 Å². The van der Waals surface area contributed by atoms with Gasteiger partial charge in [-0.05, 0) is 13.0 Å². The summed E-state index contributed by atoms with van der Waals surface area (Å²) in [5.74, 6) is -4.27. The Morgan fingerprint density at radius 2 is 1.53 bits per heavy atom. The Labute approximate surface area is 81.5 Å². The van der Waals surface area contributed by atoms with E-state index >= 15 is 0 Å². The van der Waals surface area contributed by atoms with E-state index in [0.717, 1.165) is 6.08 Å². The molecular weight excluding hydrogens is 219 g/mol. The molecule has 7 heteroatoms. The summed E-state index contributed by atoms with van der Waals surface area (Å²) in [5.41, 5.74) is -2.07. The Hall–Kier alpha value is -1.53. The van der Waals surface area contributed by atoms with E-state index in [1.54, 1.807) is 0 Å². The van der Waals surface area contributed by atoms with Crippen LogP contribution in [0.3, 0.4) is 0 Å². The summed E-state index contributed by atoms with van der Waals surface area (Å²) in [6.07, 6.45) is -2.70. The number of rotatable bonds is 1. The van der Waals surface area contributed by atoms with Crippen molar-refractivity contribution in [3.05, 3.63) is 29.4 Å². The van der Waals surface area contributed by atoms with Crippen molar-refractivity contribution in [3.63, 3.8) is 0 Å².